The van der Waals surface area contributed by atoms with Crippen LogP contribution in [0.15, 0.2) is 54.6 Å². The van der Waals surface area contributed by atoms with Gasteiger partial charge in [-0.3, -0.25) is 4.79 Å². The number of rotatable bonds is 6. The third kappa shape index (κ3) is 4.09. The fourth-order valence-electron chi connectivity index (χ4n) is 3.92. The number of benzene rings is 2. The van der Waals surface area contributed by atoms with Gasteiger partial charge in [0.25, 0.3) is 5.91 Å². The van der Waals surface area contributed by atoms with Crippen LogP contribution in [0.25, 0.3) is 0 Å². The Morgan fingerprint density at radius 3 is 2.15 bits per heavy atom. The van der Waals surface area contributed by atoms with Crippen molar-refractivity contribution >= 4 is 5.91 Å². The van der Waals surface area contributed by atoms with Crippen LogP contribution >= 0.6 is 0 Å². The van der Waals surface area contributed by atoms with Gasteiger partial charge < -0.3 is 9.64 Å². The highest BCUT2D eigenvalue weighted by molar-refractivity contribution is 5.94. The maximum Gasteiger partial charge on any atom is 0.254 e. The molecule has 2 saturated carbocycles. The Morgan fingerprint density at radius 2 is 1.50 bits per heavy atom. The molecule has 0 aromatic heterocycles. The number of carbonyl (C=O) groups is 1. The number of hydrogen-bond donors (Lipinski definition) is 0. The first-order valence-corrected chi connectivity index (χ1v) is 9.91. The molecule has 2 fully saturated rings. The molecule has 3 nitrogen and oxygen atoms in total. The molecule has 0 heterocycles. The van der Waals surface area contributed by atoms with Gasteiger partial charge in [-0.1, -0.05) is 49.6 Å². The average Bonchev–Trinajstić information content (AvgIpc) is 3.53. The van der Waals surface area contributed by atoms with Crippen molar-refractivity contribution in [2.24, 2.45) is 0 Å². The standard InChI is InChI=1S/C23H27NO2/c25-23(24(21-15-16-21)20-7-3-1-4-8-20)19-13-11-18(12-14-19)17-26-22-9-5-2-6-10-22/h2,5-6,9-14,20-21H,1,3-4,7-8,15-17H2. The second-order valence-electron chi connectivity index (χ2n) is 7.53. The second-order valence-corrected chi connectivity index (χ2v) is 7.53. The predicted octanol–water partition coefficient (Wildman–Crippen LogP) is 5.20. The summed E-state index contributed by atoms with van der Waals surface area (Å²) in [7, 11) is 0. The van der Waals surface area contributed by atoms with E-state index >= 15 is 0 Å². The topological polar surface area (TPSA) is 29.5 Å². The Hall–Kier alpha value is -2.29. The molecular formula is C23H27NO2. The van der Waals surface area contributed by atoms with Gasteiger partial charge in [0.15, 0.2) is 0 Å². The van der Waals surface area contributed by atoms with E-state index in [4.69, 9.17) is 4.74 Å². The van der Waals surface area contributed by atoms with Crippen LogP contribution in [-0.2, 0) is 6.61 Å². The fraction of sp³-hybridized carbons (Fsp3) is 0.435. The van der Waals surface area contributed by atoms with Crippen LogP contribution < -0.4 is 4.74 Å². The summed E-state index contributed by atoms with van der Waals surface area (Å²) in [5.41, 5.74) is 1.90. The van der Waals surface area contributed by atoms with Crippen molar-refractivity contribution in [3.63, 3.8) is 0 Å². The van der Waals surface area contributed by atoms with E-state index in [0.29, 0.717) is 18.7 Å². The van der Waals surface area contributed by atoms with E-state index in [1.54, 1.807) is 0 Å². The number of nitrogens with zero attached hydrogens (tertiary/aromatic N) is 1. The largest absolute Gasteiger partial charge is 0.489 e. The molecule has 0 aliphatic heterocycles. The van der Waals surface area contributed by atoms with Crippen LogP contribution in [-0.4, -0.2) is 22.9 Å². The molecule has 0 N–H and O–H groups in total. The van der Waals surface area contributed by atoms with E-state index in [1.807, 2.05) is 54.6 Å². The smallest absolute Gasteiger partial charge is 0.254 e. The van der Waals surface area contributed by atoms with Crippen LogP contribution in [0.4, 0.5) is 0 Å². The molecular weight excluding hydrogens is 322 g/mol. The van der Waals surface area contributed by atoms with Crippen LogP contribution in [0.5, 0.6) is 5.75 Å². The third-order valence-corrected chi connectivity index (χ3v) is 5.49. The summed E-state index contributed by atoms with van der Waals surface area (Å²) in [6, 6.07) is 18.7. The number of carbonyl (C=O) groups excluding carboxylic acids is 1. The summed E-state index contributed by atoms with van der Waals surface area (Å²) in [4.78, 5) is 15.3. The molecule has 0 bridgehead atoms. The van der Waals surface area contributed by atoms with Gasteiger partial charge >= 0.3 is 0 Å². The molecule has 0 atom stereocenters. The van der Waals surface area contributed by atoms with Crippen molar-refractivity contribution in [2.75, 3.05) is 0 Å². The van der Waals surface area contributed by atoms with Crippen LogP contribution in [0.1, 0.15) is 60.9 Å². The quantitative estimate of drug-likeness (QED) is 0.717. The molecule has 3 heteroatoms. The summed E-state index contributed by atoms with van der Waals surface area (Å²) in [6.45, 7) is 0.521. The molecule has 0 spiro atoms. The highest BCUT2D eigenvalue weighted by Crippen LogP contribution is 2.35. The fourth-order valence-corrected chi connectivity index (χ4v) is 3.92. The van der Waals surface area contributed by atoms with Gasteiger partial charge in [-0.15, -0.1) is 0 Å². The molecule has 136 valence electrons. The van der Waals surface area contributed by atoms with Crippen molar-refractivity contribution in [3.8, 4) is 5.75 Å². The van der Waals surface area contributed by atoms with Crippen LogP contribution in [0.3, 0.4) is 0 Å². The van der Waals surface area contributed by atoms with E-state index in [2.05, 4.69) is 4.90 Å². The minimum Gasteiger partial charge on any atom is -0.489 e. The third-order valence-electron chi connectivity index (χ3n) is 5.49. The lowest BCUT2D eigenvalue weighted by molar-refractivity contribution is 0.0614. The van der Waals surface area contributed by atoms with Crippen molar-refractivity contribution in [1.29, 1.82) is 0 Å². The highest BCUT2D eigenvalue weighted by atomic mass is 16.5. The summed E-state index contributed by atoms with van der Waals surface area (Å²) in [5.74, 6) is 1.08. The molecule has 26 heavy (non-hydrogen) atoms. The van der Waals surface area contributed by atoms with Gasteiger partial charge in [-0.25, -0.2) is 0 Å². The van der Waals surface area contributed by atoms with Gasteiger partial charge in [-0.05, 0) is 55.5 Å². The molecule has 0 unspecified atom stereocenters. The summed E-state index contributed by atoms with van der Waals surface area (Å²) in [5, 5.41) is 0. The Bertz CT molecular complexity index is 716. The molecule has 0 radical (unpaired) electrons. The zero-order valence-electron chi connectivity index (χ0n) is 15.3. The molecule has 1 amide bonds. The average molecular weight is 349 g/mol. The van der Waals surface area contributed by atoms with Gasteiger partial charge in [-0.2, -0.15) is 0 Å². The lowest BCUT2D eigenvalue weighted by Gasteiger charge is -2.34. The van der Waals surface area contributed by atoms with E-state index in [-0.39, 0.29) is 5.91 Å². The Labute approximate surface area is 156 Å². The molecule has 0 saturated heterocycles. The molecule has 2 aromatic carbocycles. The SMILES string of the molecule is O=C(c1ccc(COc2ccccc2)cc1)N(C1CCCCC1)C1CC1. The number of ether oxygens (including phenoxy) is 1. The van der Waals surface area contributed by atoms with E-state index in [9.17, 15) is 4.79 Å². The predicted molar refractivity (Wildman–Crippen MR) is 103 cm³/mol. The summed E-state index contributed by atoms with van der Waals surface area (Å²) in [6.07, 6.45) is 8.53. The van der Waals surface area contributed by atoms with E-state index in [0.717, 1.165) is 16.9 Å². The van der Waals surface area contributed by atoms with E-state index < -0.39 is 0 Å². The lowest BCUT2D eigenvalue weighted by Crippen LogP contribution is -2.43. The lowest BCUT2D eigenvalue weighted by atomic mass is 9.93. The number of hydrogen-bond acceptors (Lipinski definition) is 2. The molecule has 2 aromatic rings. The monoisotopic (exact) mass is 349 g/mol. The van der Waals surface area contributed by atoms with Crippen molar-refractivity contribution < 1.29 is 9.53 Å². The number of para-hydroxylation sites is 1. The Kier molecular flexibility index (Phi) is 5.24. The molecule has 2 aliphatic carbocycles. The minimum atomic E-state index is 0.218. The van der Waals surface area contributed by atoms with E-state index in [1.165, 1.54) is 44.9 Å². The first-order valence-electron chi connectivity index (χ1n) is 9.91. The summed E-state index contributed by atoms with van der Waals surface area (Å²) < 4.78 is 5.79. The molecule has 2 aliphatic rings. The van der Waals surface area contributed by atoms with Gasteiger partial charge in [0, 0.05) is 17.6 Å². The second kappa shape index (κ2) is 7.94. The Balaban J connectivity index is 1.41. The van der Waals surface area contributed by atoms with Crippen molar-refractivity contribution in [1.82, 2.24) is 4.90 Å². The number of amides is 1. The van der Waals surface area contributed by atoms with Gasteiger partial charge in [0.05, 0.1) is 0 Å². The van der Waals surface area contributed by atoms with Gasteiger partial charge in [0.2, 0.25) is 0 Å². The normalized spacial score (nSPS) is 17.7. The van der Waals surface area contributed by atoms with Gasteiger partial charge in [0.1, 0.15) is 12.4 Å². The summed E-state index contributed by atoms with van der Waals surface area (Å²) >= 11 is 0. The molecule has 4 rings (SSSR count). The zero-order chi connectivity index (χ0) is 17.8. The van der Waals surface area contributed by atoms with Crippen LogP contribution in [0, 0.1) is 0 Å². The maximum absolute atomic E-state index is 13.1. The zero-order valence-corrected chi connectivity index (χ0v) is 15.3. The minimum absolute atomic E-state index is 0.218. The van der Waals surface area contributed by atoms with Crippen LogP contribution in [0.2, 0.25) is 0 Å². The van der Waals surface area contributed by atoms with Crippen molar-refractivity contribution in [3.05, 3.63) is 65.7 Å². The highest BCUT2D eigenvalue weighted by Gasteiger charge is 2.37. The first-order chi connectivity index (χ1) is 12.8. The van der Waals surface area contributed by atoms with Crippen molar-refractivity contribution in [2.45, 2.75) is 63.6 Å². The Morgan fingerprint density at radius 1 is 0.846 bits per heavy atom. The first kappa shape index (κ1) is 17.1. The maximum atomic E-state index is 13.1.